The second-order valence-corrected chi connectivity index (χ2v) is 2.18. The zero-order valence-electron chi connectivity index (χ0n) is 6.73. The molecule has 1 N–H and O–H groups in total. The average molecular weight is 185 g/mol. The van der Waals surface area contributed by atoms with Crippen molar-refractivity contribution in [2.45, 2.75) is 18.6 Å². The highest BCUT2D eigenvalue weighted by Crippen LogP contribution is 2.21. The van der Waals surface area contributed by atoms with Crippen LogP contribution in [0.3, 0.4) is 0 Å². The van der Waals surface area contributed by atoms with Crippen LogP contribution in [0, 0.1) is 0 Å². The maximum atomic E-state index is 11.7. The largest absolute Gasteiger partial charge is 0.468 e. The van der Waals surface area contributed by atoms with Crippen LogP contribution in [-0.4, -0.2) is 32.3 Å². The van der Waals surface area contributed by atoms with Gasteiger partial charge in [0.05, 0.1) is 13.5 Å². The Morgan fingerprint density at radius 1 is 1.58 bits per heavy atom. The van der Waals surface area contributed by atoms with Crippen LogP contribution in [0.5, 0.6) is 0 Å². The lowest BCUT2D eigenvalue weighted by Crippen LogP contribution is -2.38. The number of carbonyl (C=O) groups is 1. The van der Waals surface area contributed by atoms with Gasteiger partial charge in [0.1, 0.15) is 6.04 Å². The van der Waals surface area contributed by atoms with E-state index in [-0.39, 0.29) is 0 Å². The Balaban J connectivity index is 4.09. The van der Waals surface area contributed by atoms with Gasteiger partial charge in [-0.3, -0.25) is 4.79 Å². The van der Waals surface area contributed by atoms with Gasteiger partial charge in [0, 0.05) is 0 Å². The summed E-state index contributed by atoms with van der Waals surface area (Å²) < 4.78 is 39.4. The van der Waals surface area contributed by atoms with Gasteiger partial charge in [-0.25, -0.2) is 0 Å². The zero-order valence-corrected chi connectivity index (χ0v) is 6.73. The standard InChI is InChI=1S/C6H10F3NO2/c1-10-4(5(11)12-2)3-6(7,8)9/h4,10H,3H2,1-2H3. The Bertz CT molecular complexity index is 157. The maximum absolute atomic E-state index is 11.7. The minimum atomic E-state index is -4.36. The summed E-state index contributed by atoms with van der Waals surface area (Å²) in [4.78, 5) is 10.6. The molecule has 6 heteroatoms. The van der Waals surface area contributed by atoms with E-state index in [0.717, 1.165) is 7.11 Å². The van der Waals surface area contributed by atoms with Crippen LogP contribution in [0.1, 0.15) is 6.42 Å². The predicted molar refractivity (Wildman–Crippen MR) is 35.5 cm³/mol. The summed E-state index contributed by atoms with van der Waals surface area (Å²) in [6.45, 7) is 0. The van der Waals surface area contributed by atoms with Crippen molar-refractivity contribution in [3.63, 3.8) is 0 Å². The molecule has 0 aliphatic heterocycles. The molecular weight excluding hydrogens is 175 g/mol. The molecule has 0 amide bonds. The van der Waals surface area contributed by atoms with E-state index in [0.29, 0.717) is 0 Å². The molecule has 1 unspecified atom stereocenters. The normalized spacial score (nSPS) is 14.1. The Morgan fingerprint density at radius 3 is 2.33 bits per heavy atom. The van der Waals surface area contributed by atoms with Gasteiger partial charge in [-0.05, 0) is 7.05 Å². The maximum Gasteiger partial charge on any atom is 0.391 e. The van der Waals surface area contributed by atoms with E-state index in [1.165, 1.54) is 7.05 Å². The summed E-state index contributed by atoms with van der Waals surface area (Å²) in [5.74, 6) is -0.908. The molecule has 0 aromatic heterocycles. The summed E-state index contributed by atoms with van der Waals surface area (Å²) in [5, 5.41) is 2.21. The van der Waals surface area contributed by atoms with Crippen molar-refractivity contribution in [3.8, 4) is 0 Å². The van der Waals surface area contributed by atoms with E-state index in [2.05, 4.69) is 10.1 Å². The first-order valence-corrected chi connectivity index (χ1v) is 3.22. The Hall–Kier alpha value is -0.780. The number of methoxy groups -OCH3 is 1. The van der Waals surface area contributed by atoms with Crippen molar-refractivity contribution in [3.05, 3.63) is 0 Å². The van der Waals surface area contributed by atoms with Gasteiger partial charge in [0.15, 0.2) is 0 Å². The van der Waals surface area contributed by atoms with Crippen LogP contribution < -0.4 is 5.32 Å². The summed E-state index contributed by atoms with van der Waals surface area (Å²) >= 11 is 0. The topological polar surface area (TPSA) is 38.3 Å². The lowest BCUT2D eigenvalue weighted by Gasteiger charge is -2.14. The van der Waals surface area contributed by atoms with Gasteiger partial charge in [-0.2, -0.15) is 13.2 Å². The van der Waals surface area contributed by atoms with Crippen molar-refractivity contribution in [2.24, 2.45) is 0 Å². The molecule has 0 fully saturated rings. The van der Waals surface area contributed by atoms with Crippen molar-refractivity contribution in [2.75, 3.05) is 14.2 Å². The number of ether oxygens (including phenoxy) is 1. The Kier molecular flexibility index (Phi) is 4.02. The van der Waals surface area contributed by atoms with Gasteiger partial charge in [0.25, 0.3) is 0 Å². The van der Waals surface area contributed by atoms with E-state index in [9.17, 15) is 18.0 Å². The minimum absolute atomic E-state index is 0.908. The first kappa shape index (κ1) is 11.2. The lowest BCUT2D eigenvalue weighted by molar-refractivity contribution is -0.160. The number of hydrogen-bond acceptors (Lipinski definition) is 3. The van der Waals surface area contributed by atoms with Crippen LogP contribution in [0.2, 0.25) is 0 Å². The van der Waals surface area contributed by atoms with Gasteiger partial charge < -0.3 is 10.1 Å². The fourth-order valence-electron chi connectivity index (χ4n) is 0.677. The molecular formula is C6H10F3NO2. The second-order valence-electron chi connectivity index (χ2n) is 2.18. The van der Waals surface area contributed by atoms with Crippen LogP contribution in [0.4, 0.5) is 13.2 Å². The van der Waals surface area contributed by atoms with Crippen molar-refractivity contribution < 1.29 is 22.7 Å². The molecule has 0 spiro atoms. The number of rotatable bonds is 3. The first-order chi connectivity index (χ1) is 5.40. The van der Waals surface area contributed by atoms with Crippen molar-refractivity contribution in [1.29, 1.82) is 0 Å². The van der Waals surface area contributed by atoms with Gasteiger partial charge in [0.2, 0.25) is 0 Å². The molecule has 0 radical (unpaired) electrons. The van der Waals surface area contributed by atoms with Gasteiger partial charge in [-0.1, -0.05) is 0 Å². The number of hydrogen-bond donors (Lipinski definition) is 1. The minimum Gasteiger partial charge on any atom is -0.468 e. The van der Waals surface area contributed by atoms with Crippen LogP contribution in [-0.2, 0) is 9.53 Å². The molecule has 12 heavy (non-hydrogen) atoms. The monoisotopic (exact) mass is 185 g/mol. The summed E-state index contributed by atoms with van der Waals surface area (Å²) in [7, 11) is 2.32. The highest BCUT2D eigenvalue weighted by molar-refractivity contribution is 5.75. The quantitative estimate of drug-likeness (QED) is 0.658. The molecule has 72 valence electrons. The lowest BCUT2D eigenvalue weighted by atomic mass is 10.2. The Morgan fingerprint density at radius 2 is 2.08 bits per heavy atom. The first-order valence-electron chi connectivity index (χ1n) is 3.22. The van der Waals surface area contributed by atoms with Gasteiger partial charge >= 0.3 is 12.1 Å². The van der Waals surface area contributed by atoms with E-state index < -0.39 is 24.6 Å². The smallest absolute Gasteiger partial charge is 0.391 e. The second kappa shape index (κ2) is 4.30. The number of alkyl halides is 3. The molecule has 3 nitrogen and oxygen atoms in total. The fraction of sp³-hybridized carbons (Fsp3) is 0.833. The van der Waals surface area contributed by atoms with Crippen LogP contribution >= 0.6 is 0 Å². The van der Waals surface area contributed by atoms with E-state index in [1.807, 2.05) is 0 Å². The highest BCUT2D eigenvalue weighted by atomic mass is 19.4. The molecule has 0 aliphatic rings. The molecule has 0 saturated heterocycles. The third-order valence-corrected chi connectivity index (χ3v) is 1.27. The molecule has 0 heterocycles. The SMILES string of the molecule is CNC(CC(F)(F)F)C(=O)OC. The number of halogens is 3. The summed E-state index contributed by atoms with van der Waals surface area (Å²) in [5.41, 5.74) is 0. The molecule has 0 aromatic carbocycles. The van der Waals surface area contributed by atoms with E-state index in [4.69, 9.17) is 0 Å². The predicted octanol–water partition coefficient (Wildman–Crippen LogP) is 0.700. The van der Waals surface area contributed by atoms with Crippen LogP contribution in [0.25, 0.3) is 0 Å². The zero-order chi connectivity index (χ0) is 9.78. The average Bonchev–Trinajstić information content (AvgIpc) is 1.97. The van der Waals surface area contributed by atoms with Crippen molar-refractivity contribution in [1.82, 2.24) is 5.32 Å². The van der Waals surface area contributed by atoms with Crippen LogP contribution in [0.15, 0.2) is 0 Å². The van der Waals surface area contributed by atoms with Gasteiger partial charge in [-0.15, -0.1) is 0 Å². The third-order valence-electron chi connectivity index (χ3n) is 1.27. The number of esters is 1. The fourth-order valence-corrected chi connectivity index (χ4v) is 0.677. The highest BCUT2D eigenvalue weighted by Gasteiger charge is 2.34. The van der Waals surface area contributed by atoms with Crippen molar-refractivity contribution >= 4 is 5.97 Å². The molecule has 0 aromatic rings. The van der Waals surface area contributed by atoms with E-state index >= 15 is 0 Å². The molecule has 0 aliphatic carbocycles. The summed E-state index contributed by atoms with van der Waals surface area (Å²) in [6, 6.07) is -1.31. The third kappa shape index (κ3) is 4.17. The molecule has 0 bridgehead atoms. The van der Waals surface area contributed by atoms with E-state index in [1.54, 1.807) is 0 Å². The number of nitrogens with one attached hydrogen (secondary N) is 1. The molecule has 1 atom stereocenters. The number of likely N-dealkylation sites (N-methyl/N-ethyl adjacent to an activating group) is 1. The Labute approximate surface area is 67.9 Å². The number of carbonyl (C=O) groups excluding carboxylic acids is 1. The molecule has 0 saturated carbocycles. The summed E-state index contributed by atoms with van der Waals surface area (Å²) in [6.07, 6.45) is -5.57. The molecule has 0 rings (SSSR count).